The highest BCUT2D eigenvalue weighted by atomic mass is 32.2. The Bertz CT molecular complexity index is 464. The van der Waals surface area contributed by atoms with Crippen molar-refractivity contribution in [2.75, 3.05) is 39.9 Å². The number of hydrogen-bond acceptors (Lipinski definition) is 4. The number of fused-ring (bicyclic) bond motifs is 1. The molecule has 0 aromatic carbocycles. The summed E-state index contributed by atoms with van der Waals surface area (Å²) in [6, 6.07) is 0.559. The van der Waals surface area contributed by atoms with Crippen molar-refractivity contribution in [3.8, 4) is 0 Å². The van der Waals surface area contributed by atoms with Crippen LogP contribution in [-0.2, 0) is 14.9 Å². The van der Waals surface area contributed by atoms with Gasteiger partial charge in [-0.05, 0) is 39.2 Å². The van der Waals surface area contributed by atoms with Crippen LogP contribution in [0.15, 0.2) is 0 Å². The maximum atomic E-state index is 13.0. The molecular weight excluding hydrogens is 290 g/mol. The van der Waals surface area contributed by atoms with Gasteiger partial charge in [-0.3, -0.25) is 4.90 Å². The first-order valence-corrected chi connectivity index (χ1v) is 9.46. The summed E-state index contributed by atoms with van der Waals surface area (Å²) in [6.07, 6.45) is 3.92. The molecule has 3 fully saturated rings. The zero-order chi connectivity index (χ0) is 15.0. The Hall–Kier alpha value is -0.210. The summed E-state index contributed by atoms with van der Waals surface area (Å²) in [5.41, 5.74) is 0. The summed E-state index contributed by atoms with van der Waals surface area (Å²) in [5, 5.41) is 0. The Morgan fingerprint density at radius 3 is 2.57 bits per heavy atom. The Labute approximate surface area is 128 Å². The molecule has 3 aliphatic heterocycles. The van der Waals surface area contributed by atoms with Gasteiger partial charge in [-0.1, -0.05) is 0 Å². The van der Waals surface area contributed by atoms with Crippen molar-refractivity contribution in [3.63, 3.8) is 0 Å². The lowest BCUT2D eigenvalue weighted by atomic mass is 10.1. The molecular formula is C14H27N3O3S. The van der Waals surface area contributed by atoms with Gasteiger partial charge in [-0.25, -0.2) is 0 Å². The molecule has 0 aromatic heterocycles. The smallest absolute Gasteiger partial charge is 0.282 e. The van der Waals surface area contributed by atoms with E-state index in [0.717, 1.165) is 32.4 Å². The fourth-order valence-electron chi connectivity index (χ4n) is 3.88. The minimum absolute atomic E-state index is 0.0617. The molecule has 0 radical (unpaired) electrons. The normalized spacial score (nSPS) is 33.5. The maximum Gasteiger partial charge on any atom is 0.282 e. The van der Waals surface area contributed by atoms with E-state index in [2.05, 4.69) is 4.90 Å². The number of nitrogens with zero attached hydrogens (tertiary/aromatic N) is 3. The molecule has 3 heterocycles. The Morgan fingerprint density at radius 1 is 1.14 bits per heavy atom. The summed E-state index contributed by atoms with van der Waals surface area (Å²) in [5.74, 6) is 0. The summed E-state index contributed by atoms with van der Waals surface area (Å²) >= 11 is 0. The molecule has 0 spiro atoms. The third-order valence-corrected chi connectivity index (χ3v) is 7.37. The lowest BCUT2D eigenvalue weighted by molar-refractivity contribution is 0.0584. The zero-order valence-corrected chi connectivity index (χ0v) is 13.9. The highest BCUT2D eigenvalue weighted by molar-refractivity contribution is 7.86. The third-order valence-electron chi connectivity index (χ3n) is 5.25. The molecule has 3 saturated heterocycles. The van der Waals surface area contributed by atoms with Crippen LogP contribution in [-0.4, -0.2) is 79.9 Å². The SMILES string of the molecule is C[C@H]1CN2CCC[C@@H]2CN1S(=O)(=O)N(C)C1CCOCC1. The van der Waals surface area contributed by atoms with Crippen LogP contribution in [0.2, 0.25) is 0 Å². The number of piperazine rings is 1. The van der Waals surface area contributed by atoms with Gasteiger partial charge in [-0.15, -0.1) is 0 Å². The summed E-state index contributed by atoms with van der Waals surface area (Å²) in [6.45, 7) is 6.00. The van der Waals surface area contributed by atoms with E-state index < -0.39 is 10.2 Å². The predicted molar refractivity (Wildman–Crippen MR) is 81.3 cm³/mol. The second-order valence-electron chi connectivity index (χ2n) is 6.58. The molecule has 7 heteroatoms. The van der Waals surface area contributed by atoms with Gasteiger partial charge in [0.15, 0.2) is 0 Å². The highest BCUT2D eigenvalue weighted by Gasteiger charge is 2.42. The standard InChI is InChI=1S/C14H27N3O3S/c1-12-10-16-7-3-4-14(16)11-17(12)21(18,19)15(2)13-5-8-20-9-6-13/h12-14H,3-11H2,1-2H3/t12-,14+/m0/s1. The predicted octanol–water partition coefficient (Wildman–Crippen LogP) is 0.511. The molecule has 2 atom stereocenters. The largest absolute Gasteiger partial charge is 0.381 e. The van der Waals surface area contributed by atoms with Crippen molar-refractivity contribution in [2.24, 2.45) is 0 Å². The maximum absolute atomic E-state index is 13.0. The first-order valence-electron chi connectivity index (χ1n) is 8.06. The fourth-order valence-corrected chi connectivity index (χ4v) is 5.68. The van der Waals surface area contributed by atoms with Crippen LogP contribution in [0.4, 0.5) is 0 Å². The van der Waals surface area contributed by atoms with Crippen molar-refractivity contribution >= 4 is 10.2 Å². The molecule has 3 aliphatic rings. The van der Waals surface area contributed by atoms with E-state index in [0.29, 0.717) is 25.8 Å². The summed E-state index contributed by atoms with van der Waals surface area (Å²) in [4.78, 5) is 2.45. The summed E-state index contributed by atoms with van der Waals surface area (Å²) in [7, 11) is -1.63. The van der Waals surface area contributed by atoms with Crippen molar-refractivity contribution in [2.45, 2.75) is 50.7 Å². The van der Waals surface area contributed by atoms with E-state index in [9.17, 15) is 8.42 Å². The van der Waals surface area contributed by atoms with Crippen LogP contribution in [0.5, 0.6) is 0 Å². The molecule has 0 N–H and O–H groups in total. The van der Waals surface area contributed by atoms with Gasteiger partial charge in [0.2, 0.25) is 0 Å². The molecule has 122 valence electrons. The lowest BCUT2D eigenvalue weighted by Gasteiger charge is -2.44. The van der Waals surface area contributed by atoms with Gasteiger partial charge in [0.25, 0.3) is 10.2 Å². The van der Waals surface area contributed by atoms with E-state index in [1.807, 2.05) is 6.92 Å². The van der Waals surface area contributed by atoms with E-state index in [4.69, 9.17) is 4.74 Å². The molecule has 3 rings (SSSR count). The van der Waals surface area contributed by atoms with E-state index in [1.54, 1.807) is 15.7 Å². The highest BCUT2D eigenvalue weighted by Crippen LogP contribution is 2.28. The molecule has 0 unspecified atom stereocenters. The number of hydrogen-bond donors (Lipinski definition) is 0. The first kappa shape index (κ1) is 15.7. The minimum atomic E-state index is -3.37. The van der Waals surface area contributed by atoms with Crippen LogP contribution in [0.25, 0.3) is 0 Å². The Kier molecular flexibility index (Phi) is 4.57. The molecule has 6 nitrogen and oxygen atoms in total. The average molecular weight is 317 g/mol. The molecule has 0 amide bonds. The van der Waals surface area contributed by atoms with Crippen LogP contribution >= 0.6 is 0 Å². The Balaban J connectivity index is 1.73. The number of rotatable bonds is 3. The first-order chi connectivity index (χ1) is 10.00. The third kappa shape index (κ3) is 2.99. The Morgan fingerprint density at radius 2 is 1.86 bits per heavy atom. The van der Waals surface area contributed by atoms with Crippen molar-refractivity contribution in [1.82, 2.24) is 13.5 Å². The van der Waals surface area contributed by atoms with Gasteiger partial charge >= 0.3 is 0 Å². The summed E-state index contributed by atoms with van der Waals surface area (Å²) < 4.78 is 34.6. The van der Waals surface area contributed by atoms with Crippen molar-refractivity contribution in [3.05, 3.63) is 0 Å². The van der Waals surface area contributed by atoms with Gasteiger partial charge in [0.1, 0.15) is 0 Å². The quantitative estimate of drug-likeness (QED) is 0.761. The lowest BCUT2D eigenvalue weighted by Crippen LogP contribution is -2.60. The van der Waals surface area contributed by atoms with E-state index >= 15 is 0 Å². The molecule has 0 saturated carbocycles. The van der Waals surface area contributed by atoms with E-state index in [-0.39, 0.29) is 12.1 Å². The van der Waals surface area contributed by atoms with E-state index in [1.165, 1.54) is 6.42 Å². The topological polar surface area (TPSA) is 53.1 Å². The number of ether oxygens (including phenoxy) is 1. The molecule has 0 aromatic rings. The molecule has 0 bridgehead atoms. The average Bonchev–Trinajstić information content (AvgIpc) is 2.93. The molecule has 21 heavy (non-hydrogen) atoms. The van der Waals surface area contributed by atoms with Crippen LogP contribution < -0.4 is 0 Å². The molecule has 0 aliphatic carbocycles. The van der Waals surface area contributed by atoms with Crippen molar-refractivity contribution < 1.29 is 13.2 Å². The van der Waals surface area contributed by atoms with Gasteiger partial charge in [0.05, 0.1) is 0 Å². The second-order valence-corrected chi connectivity index (χ2v) is 8.52. The zero-order valence-electron chi connectivity index (χ0n) is 13.1. The minimum Gasteiger partial charge on any atom is -0.381 e. The second kappa shape index (κ2) is 6.12. The van der Waals surface area contributed by atoms with Crippen LogP contribution in [0.3, 0.4) is 0 Å². The van der Waals surface area contributed by atoms with Crippen LogP contribution in [0.1, 0.15) is 32.6 Å². The van der Waals surface area contributed by atoms with Gasteiger partial charge < -0.3 is 4.74 Å². The van der Waals surface area contributed by atoms with Crippen molar-refractivity contribution in [1.29, 1.82) is 0 Å². The van der Waals surface area contributed by atoms with Gasteiger partial charge in [0, 0.05) is 51.5 Å². The van der Waals surface area contributed by atoms with Gasteiger partial charge in [-0.2, -0.15) is 17.0 Å². The monoisotopic (exact) mass is 317 g/mol. The fraction of sp³-hybridized carbons (Fsp3) is 1.00. The van der Waals surface area contributed by atoms with Crippen LogP contribution in [0, 0.1) is 0 Å².